The van der Waals surface area contributed by atoms with Crippen molar-refractivity contribution >= 4 is 17.2 Å². The highest BCUT2D eigenvalue weighted by Gasteiger charge is 2.22. The van der Waals surface area contributed by atoms with Crippen molar-refractivity contribution in [3.63, 3.8) is 0 Å². The third kappa shape index (κ3) is 4.42. The quantitative estimate of drug-likeness (QED) is 0.573. The Morgan fingerprint density at radius 3 is 2.55 bits per heavy atom. The second-order valence-corrected chi connectivity index (χ2v) is 7.79. The van der Waals surface area contributed by atoms with E-state index < -0.39 is 6.43 Å². The highest BCUT2D eigenvalue weighted by atomic mass is 19.3. The number of aryl methyl sites for hydroxylation is 1. The lowest BCUT2D eigenvalue weighted by atomic mass is 9.90. The topological polar surface area (TPSA) is 41.4 Å². The van der Waals surface area contributed by atoms with Gasteiger partial charge in [0.05, 0.1) is 0 Å². The normalized spacial score (nSPS) is 19.4. The summed E-state index contributed by atoms with van der Waals surface area (Å²) in [6.07, 6.45) is 2.93. The van der Waals surface area contributed by atoms with E-state index in [2.05, 4.69) is 53.4 Å². The number of nitrogens with zero attached hydrogens (tertiary/aromatic N) is 2. The number of imidazole rings is 1. The Hall–Kier alpha value is -2.89. The molecule has 0 bridgehead atoms. The first-order valence-corrected chi connectivity index (χ1v) is 10.0. The Kier molecular flexibility index (Phi) is 5.51. The Labute approximate surface area is 169 Å². The Balaban J connectivity index is 1.35. The van der Waals surface area contributed by atoms with Crippen LogP contribution in [-0.2, 0) is 0 Å². The lowest BCUT2D eigenvalue weighted by Gasteiger charge is -2.31. The molecular formula is C23H26F2N4. The molecule has 1 aliphatic rings. The van der Waals surface area contributed by atoms with Crippen molar-refractivity contribution in [3.8, 4) is 0 Å². The summed E-state index contributed by atoms with van der Waals surface area (Å²) >= 11 is 0. The molecule has 0 spiro atoms. The molecule has 6 heteroatoms. The molecule has 2 aromatic heterocycles. The number of alkyl halides is 2. The lowest BCUT2D eigenvalue weighted by molar-refractivity contribution is 0.147. The maximum atomic E-state index is 13.0. The number of nitrogens with one attached hydrogen (secondary N) is 2. The van der Waals surface area contributed by atoms with Gasteiger partial charge in [-0.15, -0.1) is 0 Å². The summed E-state index contributed by atoms with van der Waals surface area (Å²) in [6.45, 7) is 6.28. The molecule has 0 radical (unpaired) electrons. The van der Waals surface area contributed by atoms with Crippen molar-refractivity contribution in [3.05, 3.63) is 72.1 Å². The van der Waals surface area contributed by atoms with E-state index in [4.69, 9.17) is 0 Å². The fraction of sp³-hybridized carbons (Fsp3) is 0.348. The molecule has 1 aliphatic carbocycles. The van der Waals surface area contributed by atoms with Crippen LogP contribution >= 0.6 is 0 Å². The van der Waals surface area contributed by atoms with Crippen molar-refractivity contribution in [1.82, 2.24) is 14.7 Å². The highest BCUT2D eigenvalue weighted by Crippen LogP contribution is 2.26. The van der Waals surface area contributed by atoms with Crippen molar-refractivity contribution in [2.75, 3.05) is 5.32 Å². The smallest absolute Gasteiger partial charge is 0.281 e. The molecule has 0 atom stereocenters. The molecule has 1 saturated carbocycles. The maximum absolute atomic E-state index is 13.0. The van der Waals surface area contributed by atoms with E-state index in [0.717, 1.165) is 42.8 Å². The van der Waals surface area contributed by atoms with Gasteiger partial charge in [0.25, 0.3) is 6.43 Å². The second-order valence-electron chi connectivity index (χ2n) is 7.79. The molecular weight excluding hydrogens is 370 g/mol. The van der Waals surface area contributed by atoms with Crippen LogP contribution in [0.3, 0.4) is 0 Å². The van der Waals surface area contributed by atoms with Crippen LogP contribution in [0.1, 0.15) is 48.9 Å². The summed E-state index contributed by atoms with van der Waals surface area (Å²) in [7, 11) is 0. The molecule has 0 amide bonds. The molecule has 1 aromatic carbocycles. The minimum absolute atomic E-state index is 0.193. The monoisotopic (exact) mass is 396 g/mol. The van der Waals surface area contributed by atoms with Crippen molar-refractivity contribution in [2.45, 2.75) is 51.1 Å². The Morgan fingerprint density at radius 1 is 1.10 bits per heavy atom. The van der Waals surface area contributed by atoms with Crippen molar-refractivity contribution < 1.29 is 8.78 Å². The number of hydrogen-bond acceptors (Lipinski definition) is 3. The van der Waals surface area contributed by atoms with Crippen molar-refractivity contribution in [1.29, 1.82) is 0 Å². The number of anilines is 1. The van der Waals surface area contributed by atoms with Gasteiger partial charge in [0.2, 0.25) is 0 Å². The summed E-state index contributed by atoms with van der Waals surface area (Å²) < 4.78 is 27.7. The van der Waals surface area contributed by atoms with Crippen LogP contribution < -0.4 is 10.6 Å². The summed E-state index contributed by atoms with van der Waals surface area (Å²) in [4.78, 5) is 4.00. The minimum atomic E-state index is -2.56. The van der Waals surface area contributed by atoms with Gasteiger partial charge in [-0.2, -0.15) is 0 Å². The van der Waals surface area contributed by atoms with Gasteiger partial charge in [0.15, 0.2) is 0 Å². The molecule has 0 saturated heterocycles. The number of pyridine rings is 1. The van der Waals surface area contributed by atoms with Crippen LogP contribution in [0.5, 0.6) is 0 Å². The Morgan fingerprint density at radius 2 is 1.83 bits per heavy atom. The van der Waals surface area contributed by atoms with Crippen LogP contribution in [0.15, 0.2) is 55.2 Å². The molecule has 1 fully saturated rings. The number of fused-ring (bicyclic) bond motifs is 1. The summed E-state index contributed by atoms with van der Waals surface area (Å²) in [5, 5.41) is 7.09. The van der Waals surface area contributed by atoms with Crippen LogP contribution in [-0.4, -0.2) is 21.5 Å². The zero-order valence-corrected chi connectivity index (χ0v) is 16.5. The third-order valence-electron chi connectivity index (χ3n) is 5.56. The fourth-order valence-corrected chi connectivity index (χ4v) is 4.01. The molecule has 29 heavy (non-hydrogen) atoms. The first kappa shape index (κ1) is 19.4. The zero-order chi connectivity index (χ0) is 20.4. The third-order valence-corrected chi connectivity index (χ3v) is 5.56. The molecule has 4 nitrogen and oxygen atoms in total. The van der Waals surface area contributed by atoms with Crippen molar-refractivity contribution in [2.24, 2.45) is 0 Å². The van der Waals surface area contributed by atoms with Gasteiger partial charge in [-0.25, -0.2) is 13.8 Å². The molecule has 0 unspecified atom stereocenters. The standard InChI is InChI=1S/C23H26F2N4/c1-15-5-3-6-17(13-15)16(2)26-18-9-11-19(12-10-18)27-21-7-4-8-22-28-20(23(24)25)14-29(21)22/h3-8,13-14,18-19,23,26-27H,2,9-12H2,1H3. The molecule has 2 heterocycles. The van der Waals surface area contributed by atoms with Crippen LogP contribution in [0, 0.1) is 6.92 Å². The van der Waals surface area contributed by atoms with Gasteiger partial charge < -0.3 is 10.6 Å². The summed E-state index contributed by atoms with van der Waals surface area (Å²) in [5.74, 6) is 0.808. The molecule has 152 valence electrons. The van der Waals surface area contributed by atoms with Crippen LogP contribution in [0.2, 0.25) is 0 Å². The molecule has 2 N–H and O–H groups in total. The Bertz CT molecular complexity index is 1000. The number of halogens is 2. The highest BCUT2D eigenvalue weighted by molar-refractivity contribution is 5.62. The second kappa shape index (κ2) is 8.23. The number of aromatic nitrogens is 2. The first-order chi connectivity index (χ1) is 14.0. The van der Waals surface area contributed by atoms with E-state index in [1.54, 1.807) is 10.5 Å². The van der Waals surface area contributed by atoms with Gasteiger partial charge in [-0.1, -0.05) is 36.4 Å². The minimum Gasteiger partial charge on any atom is -0.382 e. The van der Waals surface area contributed by atoms with Gasteiger partial charge in [-0.3, -0.25) is 4.40 Å². The van der Waals surface area contributed by atoms with E-state index in [1.807, 2.05) is 12.1 Å². The average molecular weight is 396 g/mol. The maximum Gasteiger partial charge on any atom is 0.281 e. The lowest BCUT2D eigenvalue weighted by Crippen LogP contribution is -2.36. The van der Waals surface area contributed by atoms with Gasteiger partial charge in [0, 0.05) is 24.0 Å². The largest absolute Gasteiger partial charge is 0.382 e. The summed E-state index contributed by atoms with van der Waals surface area (Å²) in [5.41, 5.74) is 3.67. The van der Waals surface area contributed by atoms with E-state index in [0.29, 0.717) is 17.7 Å². The van der Waals surface area contributed by atoms with E-state index >= 15 is 0 Å². The predicted octanol–water partition coefficient (Wildman–Crippen LogP) is 5.56. The van der Waals surface area contributed by atoms with E-state index in [9.17, 15) is 8.78 Å². The molecule has 0 aliphatic heterocycles. The SMILES string of the molecule is C=C(NC1CCC(Nc2cccc3nc(C(F)F)cn23)CC1)c1cccc(C)c1. The number of hydrogen-bond donors (Lipinski definition) is 2. The first-order valence-electron chi connectivity index (χ1n) is 10.0. The summed E-state index contributed by atoms with van der Waals surface area (Å²) in [6, 6.07) is 14.6. The molecule has 3 aromatic rings. The van der Waals surface area contributed by atoms with Gasteiger partial charge in [0.1, 0.15) is 17.2 Å². The fourth-order valence-electron chi connectivity index (χ4n) is 4.01. The zero-order valence-electron chi connectivity index (χ0n) is 16.5. The van der Waals surface area contributed by atoms with Gasteiger partial charge in [-0.05, 0) is 56.4 Å². The number of rotatable bonds is 6. The van der Waals surface area contributed by atoms with E-state index in [1.165, 1.54) is 11.8 Å². The number of benzene rings is 1. The predicted molar refractivity (Wildman–Crippen MR) is 113 cm³/mol. The van der Waals surface area contributed by atoms with Crippen LogP contribution in [0.25, 0.3) is 11.3 Å². The molecule has 4 rings (SSSR count). The van der Waals surface area contributed by atoms with E-state index in [-0.39, 0.29) is 5.69 Å². The average Bonchev–Trinajstić information content (AvgIpc) is 3.15. The van der Waals surface area contributed by atoms with Gasteiger partial charge >= 0.3 is 0 Å². The van der Waals surface area contributed by atoms with Crippen LogP contribution in [0.4, 0.5) is 14.6 Å².